The van der Waals surface area contributed by atoms with Gasteiger partial charge in [-0.05, 0) is 36.4 Å². The third-order valence-corrected chi connectivity index (χ3v) is 4.32. The van der Waals surface area contributed by atoms with Gasteiger partial charge in [-0.1, -0.05) is 0 Å². The number of hydrogen-bond acceptors (Lipinski definition) is 6. The van der Waals surface area contributed by atoms with Gasteiger partial charge >= 0.3 is 6.36 Å². The Kier molecular flexibility index (Phi) is 5.57. The van der Waals surface area contributed by atoms with Gasteiger partial charge in [0.05, 0.1) is 0 Å². The lowest BCUT2D eigenvalue weighted by molar-refractivity contribution is -0.274. The van der Waals surface area contributed by atoms with Crippen LogP contribution in [0.2, 0.25) is 0 Å². The number of carbonyl (C=O) groups excluding carboxylic acids is 1. The molecule has 1 amide bonds. The Bertz CT molecular complexity index is 801. The highest BCUT2D eigenvalue weighted by Gasteiger charge is 2.31. The Morgan fingerprint density at radius 3 is 2.14 bits per heavy atom. The first kappa shape index (κ1) is 19.7. The van der Waals surface area contributed by atoms with E-state index < -0.39 is 6.36 Å². The number of benzene rings is 1. The van der Waals surface area contributed by atoms with Crippen molar-refractivity contribution in [3.8, 4) is 5.75 Å². The number of amides is 1. The molecule has 1 aliphatic heterocycles. The number of ether oxygens (including phenoxy) is 1. The van der Waals surface area contributed by atoms with E-state index in [1.807, 2.05) is 36.0 Å². The van der Waals surface area contributed by atoms with Crippen molar-refractivity contribution < 1.29 is 22.7 Å². The fraction of sp³-hybridized carbons (Fsp3) is 0.389. The normalized spacial score (nSPS) is 14.8. The first-order valence-electron chi connectivity index (χ1n) is 8.64. The molecule has 0 bridgehead atoms. The van der Waals surface area contributed by atoms with Crippen molar-refractivity contribution in [3.05, 3.63) is 42.0 Å². The molecule has 1 saturated heterocycles. The number of hydrogen-bond donors (Lipinski definition) is 0. The monoisotopic (exact) mass is 395 g/mol. The van der Waals surface area contributed by atoms with Crippen molar-refractivity contribution in [2.24, 2.45) is 0 Å². The van der Waals surface area contributed by atoms with Crippen LogP contribution in [-0.4, -0.2) is 67.6 Å². The molecule has 0 N–H and O–H groups in total. The van der Waals surface area contributed by atoms with Crippen LogP contribution >= 0.6 is 0 Å². The van der Waals surface area contributed by atoms with Gasteiger partial charge in [0.1, 0.15) is 5.75 Å². The minimum absolute atomic E-state index is 0.229. The molecule has 0 unspecified atom stereocenters. The first-order chi connectivity index (χ1) is 13.2. The number of nitrogens with zero attached hydrogens (tertiary/aromatic N) is 5. The minimum Gasteiger partial charge on any atom is -0.406 e. The van der Waals surface area contributed by atoms with E-state index in [4.69, 9.17) is 0 Å². The quantitative estimate of drug-likeness (QED) is 0.792. The van der Waals surface area contributed by atoms with E-state index in [1.165, 1.54) is 12.1 Å². The number of carbonyl (C=O) groups is 1. The standard InChI is InChI=1S/C18H20F3N5O2/c1-24(2)15-7-8-16(23-22-15)25-9-11-26(12-10-25)17(27)13-3-5-14(6-4-13)28-18(19,20)21/h3-8H,9-12H2,1-2H3. The Labute approximate surface area is 160 Å². The molecule has 3 rings (SSSR count). The molecule has 10 heteroatoms. The van der Waals surface area contributed by atoms with Crippen molar-refractivity contribution in [3.63, 3.8) is 0 Å². The molecule has 28 heavy (non-hydrogen) atoms. The predicted molar refractivity (Wildman–Crippen MR) is 97.6 cm³/mol. The highest BCUT2D eigenvalue weighted by Crippen LogP contribution is 2.23. The zero-order valence-corrected chi connectivity index (χ0v) is 15.5. The molecular weight excluding hydrogens is 375 g/mol. The Hall–Kier alpha value is -3.04. The zero-order valence-electron chi connectivity index (χ0n) is 15.5. The summed E-state index contributed by atoms with van der Waals surface area (Å²) in [7, 11) is 3.77. The molecule has 0 radical (unpaired) electrons. The van der Waals surface area contributed by atoms with E-state index in [9.17, 15) is 18.0 Å². The molecule has 2 aromatic rings. The van der Waals surface area contributed by atoms with Crippen molar-refractivity contribution in [1.29, 1.82) is 0 Å². The fourth-order valence-corrected chi connectivity index (χ4v) is 2.85. The number of aromatic nitrogens is 2. The smallest absolute Gasteiger partial charge is 0.406 e. The Morgan fingerprint density at radius 2 is 1.64 bits per heavy atom. The number of anilines is 2. The molecule has 1 aromatic heterocycles. The molecule has 1 aromatic carbocycles. The maximum atomic E-state index is 12.6. The Balaban J connectivity index is 1.57. The zero-order chi connectivity index (χ0) is 20.3. The van der Waals surface area contributed by atoms with Crippen LogP contribution in [0.3, 0.4) is 0 Å². The van der Waals surface area contributed by atoms with Gasteiger partial charge in [-0.15, -0.1) is 23.4 Å². The third-order valence-electron chi connectivity index (χ3n) is 4.32. The van der Waals surface area contributed by atoms with Crippen LogP contribution in [-0.2, 0) is 0 Å². The van der Waals surface area contributed by atoms with Crippen LogP contribution in [0.15, 0.2) is 36.4 Å². The van der Waals surface area contributed by atoms with E-state index in [0.29, 0.717) is 31.7 Å². The molecular formula is C18H20F3N5O2. The van der Waals surface area contributed by atoms with E-state index >= 15 is 0 Å². The SMILES string of the molecule is CN(C)c1ccc(N2CCN(C(=O)c3ccc(OC(F)(F)F)cc3)CC2)nn1. The fourth-order valence-electron chi connectivity index (χ4n) is 2.85. The molecule has 0 atom stereocenters. The van der Waals surface area contributed by atoms with Crippen molar-refractivity contribution in [2.75, 3.05) is 50.1 Å². The molecule has 150 valence electrons. The van der Waals surface area contributed by atoms with Crippen LogP contribution in [0.4, 0.5) is 24.8 Å². The summed E-state index contributed by atoms with van der Waals surface area (Å²) in [6.07, 6.45) is -4.75. The van der Waals surface area contributed by atoms with Crippen LogP contribution in [0.25, 0.3) is 0 Å². The van der Waals surface area contributed by atoms with Crippen LogP contribution in [0.1, 0.15) is 10.4 Å². The average Bonchev–Trinajstić information content (AvgIpc) is 2.67. The number of rotatable bonds is 4. The van der Waals surface area contributed by atoms with Crippen molar-refractivity contribution in [1.82, 2.24) is 15.1 Å². The van der Waals surface area contributed by atoms with Gasteiger partial charge in [-0.2, -0.15) is 0 Å². The molecule has 7 nitrogen and oxygen atoms in total. The van der Waals surface area contributed by atoms with Gasteiger partial charge in [0, 0.05) is 45.8 Å². The van der Waals surface area contributed by atoms with E-state index in [-0.39, 0.29) is 11.7 Å². The van der Waals surface area contributed by atoms with E-state index in [1.54, 1.807) is 4.90 Å². The summed E-state index contributed by atoms with van der Waals surface area (Å²) < 4.78 is 40.5. The minimum atomic E-state index is -4.75. The number of piperazine rings is 1. The van der Waals surface area contributed by atoms with Crippen LogP contribution in [0.5, 0.6) is 5.75 Å². The lowest BCUT2D eigenvalue weighted by Crippen LogP contribution is -2.49. The number of halogens is 3. The summed E-state index contributed by atoms with van der Waals surface area (Å²) >= 11 is 0. The molecule has 0 spiro atoms. The molecule has 0 aliphatic carbocycles. The summed E-state index contributed by atoms with van der Waals surface area (Å²) in [5.74, 6) is 0.919. The van der Waals surface area contributed by atoms with Gasteiger partial charge in [0.2, 0.25) is 0 Å². The van der Waals surface area contributed by atoms with Gasteiger partial charge in [-0.25, -0.2) is 0 Å². The maximum absolute atomic E-state index is 12.6. The van der Waals surface area contributed by atoms with Crippen molar-refractivity contribution in [2.45, 2.75) is 6.36 Å². The average molecular weight is 395 g/mol. The molecule has 0 saturated carbocycles. The molecule has 1 aliphatic rings. The molecule has 1 fully saturated rings. The summed E-state index contributed by atoms with van der Waals surface area (Å²) in [6, 6.07) is 8.71. The first-order valence-corrected chi connectivity index (χ1v) is 8.64. The van der Waals surface area contributed by atoms with Gasteiger partial charge < -0.3 is 19.4 Å². The van der Waals surface area contributed by atoms with Gasteiger partial charge in [-0.3, -0.25) is 4.79 Å². The second-order valence-electron chi connectivity index (χ2n) is 6.50. The second-order valence-corrected chi connectivity index (χ2v) is 6.50. The lowest BCUT2D eigenvalue weighted by atomic mass is 10.1. The maximum Gasteiger partial charge on any atom is 0.573 e. The summed E-state index contributed by atoms with van der Waals surface area (Å²) in [6.45, 7) is 2.15. The third kappa shape index (κ3) is 4.81. The largest absolute Gasteiger partial charge is 0.573 e. The van der Waals surface area contributed by atoms with Gasteiger partial charge in [0.25, 0.3) is 5.91 Å². The second kappa shape index (κ2) is 7.91. The highest BCUT2D eigenvalue weighted by atomic mass is 19.4. The van der Waals surface area contributed by atoms with E-state index in [0.717, 1.165) is 23.8 Å². The lowest BCUT2D eigenvalue weighted by Gasteiger charge is -2.35. The highest BCUT2D eigenvalue weighted by molar-refractivity contribution is 5.94. The summed E-state index contributed by atoms with van der Waals surface area (Å²) in [5, 5.41) is 8.37. The van der Waals surface area contributed by atoms with E-state index in [2.05, 4.69) is 14.9 Å². The van der Waals surface area contributed by atoms with Crippen LogP contribution in [0, 0.1) is 0 Å². The number of alkyl halides is 3. The van der Waals surface area contributed by atoms with Gasteiger partial charge in [0.15, 0.2) is 11.6 Å². The topological polar surface area (TPSA) is 61.8 Å². The van der Waals surface area contributed by atoms with Crippen molar-refractivity contribution >= 4 is 17.5 Å². The molecule has 2 heterocycles. The predicted octanol–water partition coefficient (Wildman–Crippen LogP) is 2.40. The summed E-state index contributed by atoms with van der Waals surface area (Å²) in [4.78, 5) is 18.1. The Morgan fingerprint density at radius 1 is 1.00 bits per heavy atom. The summed E-state index contributed by atoms with van der Waals surface area (Å²) in [5.41, 5.74) is 0.318. The van der Waals surface area contributed by atoms with Crippen LogP contribution < -0.4 is 14.5 Å².